The zero-order valence-corrected chi connectivity index (χ0v) is 24.9. The predicted octanol–water partition coefficient (Wildman–Crippen LogP) is 3.55. The Balaban J connectivity index is 1.41. The van der Waals surface area contributed by atoms with Crippen molar-refractivity contribution < 1.29 is 19.1 Å². The molecule has 14 nitrogen and oxygen atoms in total. The number of carbonyl (C=O) groups excluding carboxylic acids is 3. The van der Waals surface area contributed by atoms with E-state index in [1.807, 2.05) is 0 Å². The van der Waals surface area contributed by atoms with Crippen LogP contribution in [0, 0.1) is 0 Å². The van der Waals surface area contributed by atoms with Gasteiger partial charge in [0.2, 0.25) is 5.91 Å². The molecule has 232 valence electrons. The molecule has 5 rings (SSSR count). The number of ether oxygens (including phenoxy) is 1. The van der Waals surface area contributed by atoms with Crippen LogP contribution in [0.5, 0.6) is 0 Å². The van der Waals surface area contributed by atoms with Crippen LogP contribution in [0.3, 0.4) is 0 Å². The van der Waals surface area contributed by atoms with Gasteiger partial charge in [-0.1, -0.05) is 41.9 Å². The maximum Gasteiger partial charge on any atom is 0.411 e. The Morgan fingerprint density at radius 2 is 1.83 bits per heavy atom. The summed E-state index contributed by atoms with van der Waals surface area (Å²) in [6.45, 7) is -0.0547. The third-order valence-corrected chi connectivity index (χ3v) is 6.86. The number of amides is 3. The number of aromatic amines is 1. The van der Waals surface area contributed by atoms with Crippen LogP contribution in [0.1, 0.15) is 27.7 Å². The number of halogens is 1. The first-order valence-corrected chi connectivity index (χ1v) is 14.1. The first-order chi connectivity index (χ1) is 22.3. The molecule has 0 aliphatic carbocycles. The molecule has 0 radical (unpaired) electrons. The number of methoxy groups -OCH3 is 1. The van der Waals surface area contributed by atoms with E-state index in [0.29, 0.717) is 33.1 Å². The van der Waals surface area contributed by atoms with Gasteiger partial charge >= 0.3 is 6.09 Å². The van der Waals surface area contributed by atoms with Crippen molar-refractivity contribution in [3.63, 3.8) is 0 Å². The Bertz CT molecular complexity index is 1930. The summed E-state index contributed by atoms with van der Waals surface area (Å²) in [6, 6.07) is 20.8. The molecule has 2 aromatic heterocycles. The van der Waals surface area contributed by atoms with E-state index in [1.54, 1.807) is 78.9 Å². The lowest BCUT2D eigenvalue weighted by molar-refractivity contribution is -0.117. The van der Waals surface area contributed by atoms with Gasteiger partial charge in [-0.25, -0.2) is 9.89 Å². The molecule has 0 aliphatic heterocycles. The zero-order valence-electron chi connectivity index (χ0n) is 24.2. The van der Waals surface area contributed by atoms with Gasteiger partial charge in [-0.05, 0) is 70.6 Å². The fourth-order valence-corrected chi connectivity index (χ4v) is 4.54. The van der Waals surface area contributed by atoms with E-state index in [9.17, 15) is 19.2 Å². The summed E-state index contributed by atoms with van der Waals surface area (Å²) in [4.78, 5) is 50.4. The van der Waals surface area contributed by atoms with Gasteiger partial charge in [0, 0.05) is 34.5 Å². The lowest BCUT2D eigenvalue weighted by Crippen LogP contribution is -2.38. The number of H-pyrrole nitrogens is 1. The third-order valence-electron chi connectivity index (χ3n) is 6.63. The van der Waals surface area contributed by atoms with Crippen LogP contribution in [0.25, 0.3) is 22.9 Å². The minimum Gasteiger partial charge on any atom is -0.453 e. The lowest BCUT2D eigenvalue weighted by Gasteiger charge is -2.19. The number of hydrogen-bond donors (Lipinski definition) is 4. The fourth-order valence-electron chi connectivity index (χ4n) is 4.36. The quantitative estimate of drug-likeness (QED) is 0.166. The van der Waals surface area contributed by atoms with Crippen LogP contribution in [0.2, 0.25) is 5.02 Å². The number of anilines is 1. The summed E-state index contributed by atoms with van der Waals surface area (Å²) >= 11 is 6.20. The van der Waals surface area contributed by atoms with Gasteiger partial charge in [-0.15, -0.1) is 5.10 Å². The number of hydrogen-bond acceptors (Lipinski definition) is 9. The van der Waals surface area contributed by atoms with Crippen LogP contribution in [-0.4, -0.2) is 62.0 Å². The standard InChI is InChI=1S/C31H26ClN9O5/c1-46-31(45)35-23-11-7-19(8-12-23)24-16-25(37-38-30(24)44)26(17-33-29(43)20-5-3-2-4-6-20)36-28(42)14-9-21-15-22(32)10-13-27(21)41-18-34-39-40-41/h2-16,18,26H,17H2,1H3,(H,33,43)(H,35,45)(H,36,42)(H,38,44)/b14-9+. The van der Waals surface area contributed by atoms with Crippen LogP contribution in [0.15, 0.2) is 96.1 Å². The largest absolute Gasteiger partial charge is 0.453 e. The van der Waals surface area contributed by atoms with E-state index in [1.165, 1.54) is 30.3 Å². The Kier molecular flexibility index (Phi) is 9.89. The summed E-state index contributed by atoms with van der Waals surface area (Å²) in [7, 11) is 1.25. The van der Waals surface area contributed by atoms with Crippen LogP contribution < -0.4 is 21.5 Å². The van der Waals surface area contributed by atoms with Gasteiger partial charge in [-0.2, -0.15) is 9.78 Å². The van der Waals surface area contributed by atoms with Gasteiger partial charge in [-0.3, -0.25) is 19.7 Å². The molecule has 3 amide bonds. The Labute approximate surface area is 266 Å². The molecule has 0 saturated heterocycles. The van der Waals surface area contributed by atoms with Crippen LogP contribution in [-0.2, 0) is 9.53 Å². The topological polar surface area (TPSA) is 186 Å². The molecule has 0 saturated carbocycles. The van der Waals surface area contributed by atoms with E-state index < -0.39 is 23.6 Å². The molecule has 46 heavy (non-hydrogen) atoms. The molecule has 5 aromatic rings. The molecule has 1 atom stereocenters. The number of benzene rings is 3. The number of tetrazole rings is 1. The molecular weight excluding hydrogens is 614 g/mol. The number of nitrogens with zero attached hydrogens (tertiary/aromatic N) is 5. The highest BCUT2D eigenvalue weighted by atomic mass is 35.5. The maximum absolute atomic E-state index is 13.2. The van der Waals surface area contributed by atoms with Gasteiger partial charge in [0.25, 0.3) is 11.5 Å². The number of aromatic nitrogens is 6. The highest BCUT2D eigenvalue weighted by Gasteiger charge is 2.19. The first kappa shape index (κ1) is 31.3. The zero-order chi connectivity index (χ0) is 32.5. The van der Waals surface area contributed by atoms with E-state index in [0.717, 1.165) is 0 Å². The second kappa shape index (κ2) is 14.5. The summed E-state index contributed by atoms with van der Waals surface area (Å²) < 4.78 is 6.03. The van der Waals surface area contributed by atoms with E-state index in [2.05, 4.69) is 46.4 Å². The van der Waals surface area contributed by atoms with Gasteiger partial charge in [0.1, 0.15) is 6.33 Å². The molecule has 0 bridgehead atoms. The van der Waals surface area contributed by atoms with Crippen molar-refractivity contribution in [1.82, 2.24) is 41.0 Å². The van der Waals surface area contributed by atoms with Crippen molar-refractivity contribution in [3.8, 4) is 16.8 Å². The van der Waals surface area contributed by atoms with E-state index >= 15 is 0 Å². The SMILES string of the molecule is COC(=O)Nc1ccc(-c2cc(C(CNC(=O)c3ccccc3)NC(=O)/C=C/c3cc(Cl)ccc3-n3cnnn3)n[nH]c2=O)cc1. The second-order valence-electron chi connectivity index (χ2n) is 9.66. The summed E-state index contributed by atoms with van der Waals surface area (Å²) in [5.41, 5.74) is 2.62. The minimum absolute atomic E-state index is 0.0547. The average Bonchev–Trinajstić information content (AvgIpc) is 3.61. The highest BCUT2D eigenvalue weighted by Crippen LogP contribution is 2.22. The van der Waals surface area contributed by atoms with Crippen molar-refractivity contribution in [3.05, 3.63) is 123 Å². The van der Waals surface area contributed by atoms with E-state index in [-0.39, 0.29) is 23.7 Å². The molecule has 2 heterocycles. The maximum atomic E-state index is 13.2. The van der Waals surface area contributed by atoms with Crippen LogP contribution >= 0.6 is 11.6 Å². The van der Waals surface area contributed by atoms with Gasteiger partial charge in [0.05, 0.1) is 30.1 Å². The smallest absolute Gasteiger partial charge is 0.411 e. The summed E-state index contributed by atoms with van der Waals surface area (Å²) in [6.07, 6.45) is 3.62. The molecule has 0 spiro atoms. The molecule has 1 unspecified atom stereocenters. The predicted molar refractivity (Wildman–Crippen MR) is 169 cm³/mol. The van der Waals surface area contributed by atoms with Crippen molar-refractivity contribution in [2.45, 2.75) is 6.04 Å². The Morgan fingerprint density at radius 1 is 1.04 bits per heavy atom. The summed E-state index contributed by atoms with van der Waals surface area (Å²) in [5.74, 6) is -0.881. The fraction of sp³-hybridized carbons (Fsp3) is 0.0968. The molecule has 15 heteroatoms. The normalized spacial score (nSPS) is 11.5. The monoisotopic (exact) mass is 639 g/mol. The van der Waals surface area contributed by atoms with Crippen molar-refractivity contribution in [2.24, 2.45) is 0 Å². The van der Waals surface area contributed by atoms with Gasteiger partial charge < -0.3 is 15.4 Å². The third kappa shape index (κ3) is 7.86. The lowest BCUT2D eigenvalue weighted by atomic mass is 10.0. The van der Waals surface area contributed by atoms with Crippen molar-refractivity contribution in [1.29, 1.82) is 0 Å². The van der Waals surface area contributed by atoms with Crippen molar-refractivity contribution >= 4 is 41.3 Å². The molecule has 0 aliphatic rings. The van der Waals surface area contributed by atoms with Crippen LogP contribution in [0.4, 0.5) is 10.5 Å². The minimum atomic E-state index is -0.862. The molecule has 4 N–H and O–H groups in total. The number of carbonyl (C=O) groups is 3. The first-order valence-electron chi connectivity index (χ1n) is 13.7. The number of nitrogens with one attached hydrogen (secondary N) is 4. The van der Waals surface area contributed by atoms with Crippen molar-refractivity contribution in [2.75, 3.05) is 19.0 Å². The molecule has 0 fully saturated rings. The Hall–Kier alpha value is -6.15. The molecular formula is C31H26ClN9O5. The number of rotatable bonds is 10. The highest BCUT2D eigenvalue weighted by molar-refractivity contribution is 6.30. The Morgan fingerprint density at radius 3 is 2.54 bits per heavy atom. The second-order valence-corrected chi connectivity index (χ2v) is 10.1. The average molecular weight is 640 g/mol. The summed E-state index contributed by atoms with van der Waals surface area (Å²) in [5, 5.41) is 26.5. The van der Waals surface area contributed by atoms with E-state index in [4.69, 9.17) is 11.6 Å². The van der Waals surface area contributed by atoms with Gasteiger partial charge in [0.15, 0.2) is 0 Å². The molecule has 3 aromatic carbocycles.